The molecule has 19 heavy (non-hydrogen) atoms. The van der Waals surface area contributed by atoms with Crippen molar-refractivity contribution >= 4 is 27.3 Å². The molecule has 1 heterocycles. The molecule has 0 aliphatic heterocycles. The maximum atomic E-state index is 9.74. The zero-order valence-electron chi connectivity index (χ0n) is 11.0. The minimum absolute atomic E-state index is 0.530. The third-order valence-corrected chi connectivity index (χ3v) is 4.56. The molecule has 0 saturated heterocycles. The highest BCUT2D eigenvalue weighted by atomic mass is 79.9. The monoisotopic (exact) mass is 340 g/mol. The quantitative estimate of drug-likeness (QED) is 0.854. The number of ether oxygens (including phenoxy) is 1. The molecule has 4 heteroatoms. The molecule has 2 nitrogen and oxygen atoms in total. The smallest absolute Gasteiger partial charge is 0.126 e. The molecule has 2 aromatic rings. The topological polar surface area (TPSA) is 29.5 Å². The van der Waals surface area contributed by atoms with Crippen LogP contribution in [-0.2, 0) is 13.0 Å². The number of aliphatic hydroxyl groups excluding tert-OH is 1. The molecule has 0 aliphatic rings. The van der Waals surface area contributed by atoms with E-state index in [9.17, 15) is 5.11 Å². The molecule has 0 saturated carbocycles. The van der Waals surface area contributed by atoms with Crippen molar-refractivity contribution < 1.29 is 9.84 Å². The molecule has 0 bridgehead atoms. The molecule has 1 atom stereocenters. The van der Waals surface area contributed by atoms with E-state index in [-0.39, 0.29) is 0 Å². The number of benzene rings is 1. The Morgan fingerprint density at radius 3 is 2.63 bits per heavy atom. The second-order valence-corrected chi connectivity index (χ2v) is 6.54. The van der Waals surface area contributed by atoms with Gasteiger partial charge < -0.3 is 9.84 Å². The van der Waals surface area contributed by atoms with Crippen LogP contribution in [0.1, 0.15) is 35.3 Å². The van der Waals surface area contributed by atoms with Crippen LogP contribution in [-0.4, -0.2) is 5.11 Å². The van der Waals surface area contributed by atoms with Gasteiger partial charge >= 0.3 is 0 Å². The lowest BCUT2D eigenvalue weighted by Gasteiger charge is -2.13. The van der Waals surface area contributed by atoms with Crippen molar-refractivity contribution in [2.75, 3.05) is 0 Å². The van der Waals surface area contributed by atoms with Gasteiger partial charge in [-0.25, -0.2) is 0 Å². The summed E-state index contributed by atoms with van der Waals surface area (Å²) < 4.78 is 6.79. The largest absolute Gasteiger partial charge is 0.488 e. The van der Waals surface area contributed by atoms with E-state index in [0.717, 1.165) is 22.2 Å². The van der Waals surface area contributed by atoms with Crippen LogP contribution in [0.3, 0.4) is 0 Å². The Hall–Kier alpha value is -0.840. The first-order chi connectivity index (χ1) is 9.10. The fourth-order valence-electron chi connectivity index (χ4n) is 1.82. The van der Waals surface area contributed by atoms with Crippen molar-refractivity contribution in [2.45, 2.75) is 33.0 Å². The highest BCUT2D eigenvalue weighted by Gasteiger charge is 2.10. The molecule has 1 N–H and O–H groups in total. The van der Waals surface area contributed by atoms with Crippen LogP contribution in [0, 0.1) is 0 Å². The Morgan fingerprint density at radius 2 is 2.00 bits per heavy atom. The van der Waals surface area contributed by atoms with Gasteiger partial charge in [0.25, 0.3) is 0 Å². The summed E-state index contributed by atoms with van der Waals surface area (Å²) in [6.45, 7) is 4.44. The Kier molecular flexibility index (Phi) is 5.02. The predicted octanol–water partition coefficient (Wildman–Crippen LogP) is 4.71. The molecule has 1 aromatic carbocycles. The van der Waals surface area contributed by atoms with Gasteiger partial charge in [-0.1, -0.05) is 28.9 Å². The van der Waals surface area contributed by atoms with Gasteiger partial charge in [0.05, 0.1) is 6.10 Å². The van der Waals surface area contributed by atoms with Gasteiger partial charge in [-0.2, -0.15) is 0 Å². The van der Waals surface area contributed by atoms with E-state index >= 15 is 0 Å². The van der Waals surface area contributed by atoms with Crippen LogP contribution in [0.4, 0.5) is 0 Å². The minimum Gasteiger partial charge on any atom is -0.488 e. The normalized spacial score (nSPS) is 12.4. The number of aryl methyl sites for hydroxylation is 1. The van der Waals surface area contributed by atoms with Gasteiger partial charge in [0.1, 0.15) is 12.4 Å². The van der Waals surface area contributed by atoms with Gasteiger partial charge in [-0.15, -0.1) is 11.3 Å². The maximum absolute atomic E-state index is 9.74. The minimum atomic E-state index is -0.530. The predicted molar refractivity (Wildman–Crippen MR) is 82.8 cm³/mol. The number of halogens is 1. The van der Waals surface area contributed by atoms with Crippen molar-refractivity contribution in [3.63, 3.8) is 0 Å². The lowest BCUT2D eigenvalue weighted by molar-refractivity contribution is 0.190. The number of hydrogen-bond donors (Lipinski definition) is 1. The summed E-state index contributed by atoms with van der Waals surface area (Å²) in [6.07, 6.45) is 0.526. The van der Waals surface area contributed by atoms with E-state index in [1.54, 1.807) is 18.3 Å². The van der Waals surface area contributed by atoms with Crippen molar-refractivity contribution in [2.24, 2.45) is 0 Å². The van der Waals surface area contributed by atoms with Crippen LogP contribution >= 0.6 is 27.3 Å². The van der Waals surface area contributed by atoms with Gasteiger partial charge in [0, 0.05) is 19.8 Å². The van der Waals surface area contributed by atoms with Crippen LogP contribution in [0.15, 0.2) is 34.8 Å². The van der Waals surface area contributed by atoms with E-state index < -0.39 is 6.10 Å². The Balaban J connectivity index is 2.12. The number of aliphatic hydroxyl groups is 1. The third kappa shape index (κ3) is 3.81. The molecule has 0 spiro atoms. The summed E-state index contributed by atoms with van der Waals surface area (Å²) in [7, 11) is 0. The van der Waals surface area contributed by atoms with Crippen LogP contribution in [0.25, 0.3) is 0 Å². The summed E-state index contributed by atoms with van der Waals surface area (Å²) >= 11 is 5.20. The molecule has 0 radical (unpaired) electrons. The molecule has 0 aliphatic carbocycles. The summed E-state index contributed by atoms with van der Waals surface area (Å²) in [5.74, 6) is 0.732. The molecule has 1 aromatic heterocycles. The summed E-state index contributed by atoms with van der Waals surface area (Å²) in [5.41, 5.74) is 0.815. The van der Waals surface area contributed by atoms with Crippen molar-refractivity contribution in [1.82, 2.24) is 0 Å². The average Bonchev–Trinajstić information content (AvgIpc) is 2.84. The van der Waals surface area contributed by atoms with Gasteiger partial charge in [0.15, 0.2) is 0 Å². The van der Waals surface area contributed by atoms with Gasteiger partial charge in [0.2, 0.25) is 0 Å². The first-order valence-electron chi connectivity index (χ1n) is 6.28. The molecule has 1 unspecified atom stereocenters. The first-order valence-corrected chi connectivity index (χ1v) is 7.89. The molecule has 2 rings (SSSR count). The van der Waals surface area contributed by atoms with E-state index in [0.29, 0.717) is 6.61 Å². The second-order valence-electron chi connectivity index (χ2n) is 4.37. The van der Waals surface area contributed by atoms with Crippen molar-refractivity contribution in [1.29, 1.82) is 0 Å². The number of rotatable bonds is 5. The molecule has 0 fully saturated rings. The molecular formula is C15H17BrO2S. The Labute approximate surface area is 126 Å². The fraction of sp³-hybridized carbons (Fsp3) is 0.333. The standard InChI is InChI=1S/C15H17BrO2S/c1-3-12-5-6-13(19-12)9-18-15-8-11(16)4-7-14(15)10(2)17/h4-8,10,17H,3,9H2,1-2H3. The lowest BCUT2D eigenvalue weighted by atomic mass is 10.1. The SMILES string of the molecule is CCc1ccc(COc2cc(Br)ccc2C(C)O)s1. The Morgan fingerprint density at radius 1 is 1.26 bits per heavy atom. The summed E-state index contributed by atoms with van der Waals surface area (Å²) in [5, 5.41) is 9.74. The fourth-order valence-corrected chi connectivity index (χ4v) is 3.03. The van der Waals surface area contributed by atoms with E-state index in [4.69, 9.17) is 4.74 Å². The van der Waals surface area contributed by atoms with Crippen molar-refractivity contribution in [3.8, 4) is 5.75 Å². The maximum Gasteiger partial charge on any atom is 0.126 e. The third-order valence-electron chi connectivity index (χ3n) is 2.86. The van der Waals surface area contributed by atoms with Gasteiger partial charge in [-0.3, -0.25) is 0 Å². The average molecular weight is 341 g/mol. The highest BCUT2D eigenvalue weighted by Crippen LogP contribution is 2.30. The number of hydrogen-bond acceptors (Lipinski definition) is 3. The van der Waals surface area contributed by atoms with Crippen molar-refractivity contribution in [3.05, 3.63) is 50.1 Å². The van der Waals surface area contributed by atoms with E-state index in [1.165, 1.54) is 9.75 Å². The van der Waals surface area contributed by atoms with Crippen LogP contribution in [0.2, 0.25) is 0 Å². The van der Waals surface area contributed by atoms with Gasteiger partial charge in [-0.05, 0) is 37.6 Å². The zero-order chi connectivity index (χ0) is 13.8. The van der Waals surface area contributed by atoms with E-state index in [1.807, 2.05) is 18.2 Å². The molecule has 0 amide bonds. The second kappa shape index (κ2) is 6.55. The number of thiophene rings is 1. The highest BCUT2D eigenvalue weighted by molar-refractivity contribution is 9.10. The molecule has 102 valence electrons. The van der Waals surface area contributed by atoms with E-state index in [2.05, 4.69) is 35.0 Å². The zero-order valence-corrected chi connectivity index (χ0v) is 13.4. The lowest BCUT2D eigenvalue weighted by Crippen LogP contribution is -2.00. The summed E-state index contributed by atoms with van der Waals surface area (Å²) in [6, 6.07) is 9.94. The van der Waals surface area contributed by atoms with Crippen LogP contribution in [0.5, 0.6) is 5.75 Å². The first kappa shape index (κ1) is 14.6. The molecular weight excluding hydrogens is 324 g/mol. The summed E-state index contributed by atoms with van der Waals surface area (Å²) in [4.78, 5) is 2.57. The Bertz CT molecular complexity index is 549. The van der Waals surface area contributed by atoms with Crippen LogP contribution < -0.4 is 4.74 Å².